The number of methoxy groups -OCH3 is 1. The van der Waals surface area contributed by atoms with E-state index >= 15 is 0 Å². The van der Waals surface area contributed by atoms with Gasteiger partial charge in [-0.2, -0.15) is 0 Å². The third-order valence-electron chi connectivity index (χ3n) is 3.66. The van der Waals surface area contributed by atoms with E-state index in [0.717, 1.165) is 23.4 Å². The van der Waals surface area contributed by atoms with E-state index in [1.165, 1.54) is 0 Å². The molecule has 0 aliphatic heterocycles. The zero-order valence-corrected chi connectivity index (χ0v) is 16.2. The molecule has 2 aromatic rings. The normalized spacial score (nSPS) is 11.1. The first kappa shape index (κ1) is 20.5. The molecule has 0 atom stereocenters. The Bertz CT molecular complexity index is 722. The molecule has 0 bridgehead atoms. The van der Waals surface area contributed by atoms with Gasteiger partial charge in [0.1, 0.15) is 5.75 Å². The fraction of sp³-hybridized carbons (Fsp3) is 0.400. The van der Waals surface area contributed by atoms with Crippen LogP contribution < -0.4 is 20.1 Å². The van der Waals surface area contributed by atoms with E-state index in [1.54, 1.807) is 20.4 Å². The van der Waals surface area contributed by atoms with E-state index in [4.69, 9.17) is 14.2 Å². The molecular formula is C20H28N4O3. The van der Waals surface area contributed by atoms with Gasteiger partial charge in [0, 0.05) is 57.2 Å². The number of rotatable bonds is 10. The molecular weight excluding hydrogens is 344 g/mol. The molecule has 7 nitrogen and oxygen atoms in total. The molecule has 1 aromatic heterocycles. The molecule has 0 aliphatic carbocycles. The zero-order chi connectivity index (χ0) is 19.3. The summed E-state index contributed by atoms with van der Waals surface area (Å²) in [5.41, 5.74) is 1.86. The van der Waals surface area contributed by atoms with E-state index in [2.05, 4.69) is 20.6 Å². The Morgan fingerprint density at radius 3 is 2.81 bits per heavy atom. The number of benzene rings is 1. The summed E-state index contributed by atoms with van der Waals surface area (Å²) < 4.78 is 16.3. The Balaban J connectivity index is 1.91. The minimum absolute atomic E-state index is 0.552. The van der Waals surface area contributed by atoms with Gasteiger partial charge in [0.25, 0.3) is 0 Å². The van der Waals surface area contributed by atoms with Crippen LogP contribution >= 0.6 is 0 Å². The molecule has 0 saturated carbocycles. The number of nitrogens with zero attached hydrogens (tertiary/aromatic N) is 2. The molecule has 1 aromatic carbocycles. The van der Waals surface area contributed by atoms with Gasteiger partial charge >= 0.3 is 0 Å². The van der Waals surface area contributed by atoms with Gasteiger partial charge in [0.2, 0.25) is 5.88 Å². The molecule has 0 radical (unpaired) electrons. The van der Waals surface area contributed by atoms with Crippen molar-refractivity contribution in [2.24, 2.45) is 4.99 Å². The van der Waals surface area contributed by atoms with E-state index in [-0.39, 0.29) is 0 Å². The number of hydrogen-bond donors (Lipinski definition) is 2. The first-order valence-electron chi connectivity index (χ1n) is 9.03. The third-order valence-corrected chi connectivity index (χ3v) is 3.66. The molecule has 0 unspecified atom stereocenters. The van der Waals surface area contributed by atoms with Crippen molar-refractivity contribution in [1.82, 2.24) is 10.3 Å². The van der Waals surface area contributed by atoms with Gasteiger partial charge in [-0.1, -0.05) is 12.1 Å². The summed E-state index contributed by atoms with van der Waals surface area (Å²) in [6, 6.07) is 11.6. The van der Waals surface area contributed by atoms with Gasteiger partial charge in [0.05, 0.1) is 13.2 Å². The fourth-order valence-electron chi connectivity index (χ4n) is 2.38. The molecule has 1 heterocycles. The minimum atomic E-state index is 0.552. The number of nitrogens with one attached hydrogen (secondary N) is 2. The van der Waals surface area contributed by atoms with Gasteiger partial charge in [-0.05, 0) is 25.1 Å². The van der Waals surface area contributed by atoms with Crippen LogP contribution in [0.15, 0.2) is 47.6 Å². The van der Waals surface area contributed by atoms with Crippen molar-refractivity contribution < 1.29 is 14.2 Å². The Morgan fingerprint density at radius 2 is 2.04 bits per heavy atom. The van der Waals surface area contributed by atoms with Crippen molar-refractivity contribution in [3.63, 3.8) is 0 Å². The van der Waals surface area contributed by atoms with Crippen LogP contribution in [0, 0.1) is 0 Å². The van der Waals surface area contributed by atoms with Crippen LogP contribution in [0.1, 0.15) is 18.9 Å². The average molecular weight is 372 g/mol. The zero-order valence-electron chi connectivity index (χ0n) is 16.2. The molecule has 0 fully saturated rings. The lowest BCUT2D eigenvalue weighted by Gasteiger charge is -2.14. The maximum Gasteiger partial charge on any atom is 0.218 e. The summed E-state index contributed by atoms with van der Waals surface area (Å²) in [5.74, 6) is 2.09. The highest BCUT2D eigenvalue weighted by molar-refractivity contribution is 5.93. The van der Waals surface area contributed by atoms with Crippen LogP contribution in [-0.4, -0.2) is 44.9 Å². The van der Waals surface area contributed by atoms with Crippen molar-refractivity contribution in [3.8, 4) is 11.6 Å². The summed E-state index contributed by atoms with van der Waals surface area (Å²) in [7, 11) is 3.42. The van der Waals surface area contributed by atoms with E-state index in [0.29, 0.717) is 38.2 Å². The number of hydrogen-bond acceptors (Lipinski definition) is 5. The summed E-state index contributed by atoms with van der Waals surface area (Å²) >= 11 is 0. The summed E-state index contributed by atoms with van der Waals surface area (Å²) in [6.45, 7) is 4.37. The lowest BCUT2D eigenvalue weighted by atomic mass is 10.2. The van der Waals surface area contributed by atoms with Crippen molar-refractivity contribution in [2.45, 2.75) is 19.9 Å². The number of aromatic nitrogens is 1. The van der Waals surface area contributed by atoms with Crippen LogP contribution in [0.4, 0.5) is 5.69 Å². The Labute approximate surface area is 160 Å². The lowest BCUT2D eigenvalue weighted by Crippen LogP contribution is -2.30. The van der Waals surface area contributed by atoms with Crippen LogP contribution in [-0.2, 0) is 11.3 Å². The molecule has 2 rings (SSSR count). The number of aliphatic imine (C=N–C) groups is 1. The number of guanidine groups is 1. The summed E-state index contributed by atoms with van der Waals surface area (Å²) in [4.78, 5) is 8.53. The third kappa shape index (κ3) is 7.15. The quantitative estimate of drug-likeness (QED) is 0.379. The highest BCUT2D eigenvalue weighted by Gasteiger charge is 2.06. The average Bonchev–Trinajstić information content (AvgIpc) is 2.70. The van der Waals surface area contributed by atoms with Gasteiger partial charge in [0.15, 0.2) is 5.96 Å². The Morgan fingerprint density at radius 1 is 1.15 bits per heavy atom. The van der Waals surface area contributed by atoms with Crippen LogP contribution in [0.2, 0.25) is 0 Å². The standard InChI is InChI=1S/C20H28N4O3/c1-4-26-19-16(8-6-11-22-19)15-23-20(21-2)24-17-9-5-10-18(14-17)27-13-7-12-25-3/h5-6,8-11,14H,4,7,12-13,15H2,1-3H3,(H2,21,23,24). The van der Waals surface area contributed by atoms with E-state index < -0.39 is 0 Å². The molecule has 27 heavy (non-hydrogen) atoms. The predicted molar refractivity (Wildman–Crippen MR) is 108 cm³/mol. The first-order chi connectivity index (χ1) is 13.3. The second-order valence-electron chi connectivity index (χ2n) is 5.67. The van der Waals surface area contributed by atoms with Crippen LogP contribution in [0.25, 0.3) is 0 Å². The predicted octanol–water partition coefficient (Wildman–Crippen LogP) is 3.08. The molecule has 146 valence electrons. The lowest BCUT2D eigenvalue weighted by molar-refractivity contribution is 0.172. The minimum Gasteiger partial charge on any atom is -0.493 e. The molecule has 2 N–H and O–H groups in total. The summed E-state index contributed by atoms with van der Waals surface area (Å²) in [5, 5.41) is 6.54. The topological polar surface area (TPSA) is 77.0 Å². The maximum atomic E-state index is 5.73. The van der Waals surface area contributed by atoms with Crippen LogP contribution in [0.3, 0.4) is 0 Å². The Kier molecular flexibility index (Phi) is 8.92. The SMILES string of the molecule is CCOc1ncccc1CNC(=NC)Nc1cccc(OCCCOC)c1. The van der Waals surface area contributed by atoms with Crippen molar-refractivity contribution >= 4 is 11.6 Å². The van der Waals surface area contributed by atoms with Crippen LogP contribution in [0.5, 0.6) is 11.6 Å². The maximum absolute atomic E-state index is 5.73. The van der Waals surface area contributed by atoms with Gasteiger partial charge < -0.3 is 24.8 Å². The molecule has 7 heteroatoms. The summed E-state index contributed by atoms with van der Waals surface area (Å²) in [6.07, 6.45) is 2.57. The highest BCUT2D eigenvalue weighted by atomic mass is 16.5. The Hall–Kier alpha value is -2.80. The van der Waals surface area contributed by atoms with E-state index in [1.807, 2.05) is 43.3 Å². The molecule has 0 saturated heterocycles. The molecule has 0 spiro atoms. The van der Waals surface area contributed by atoms with E-state index in [9.17, 15) is 0 Å². The largest absolute Gasteiger partial charge is 0.493 e. The second-order valence-corrected chi connectivity index (χ2v) is 5.67. The smallest absolute Gasteiger partial charge is 0.218 e. The van der Waals surface area contributed by atoms with Gasteiger partial charge in [-0.3, -0.25) is 4.99 Å². The van der Waals surface area contributed by atoms with Gasteiger partial charge in [-0.15, -0.1) is 0 Å². The van der Waals surface area contributed by atoms with Crippen molar-refractivity contribution in [1.29, 1.82) is 0 Å². The van der Waals surface area contributed by atoms with Gasteiger partial charge in [-0.25, -0.2) is 4.98 Å². The second kappa shape index (κ2) is 11.7. The number of ether oxygens (including phenoxy) is 3. The fourth-order valence-corrected chi connectivity index (χ4v) is 2.38. The molecule has 0 amide bonds. The van der Waals surface area contributed by atoms with Crippen molar-refractivity contribution in [2.75, 3.05) is 39.3 Å². The first-order valence-corrected chi connectivity index (χ1v) is 9.03. The number of pyridine rings is 1. The highest BCUT2D eigenvalue weighted by Crippen LogP contribution is 2.18. The molecule has 0 aliphatic rings. The number of anilines is 1. The van der Waals surface area contributed by atoms with Crippen molar-refractivity contribution in [3.05, 3.63) is 48.2 Å². The monoisotopic (exact) mass is 372 g/mol.